The lowest BCUT2D eigenvalue weighted by atomic mass is 9.94. The van der Waals surface area contributed by atoms with Gasteiger partial charge in [-0.05, 0) is 36.6 Å². The zero-order valence-corrected chi connectivity index (χ0v) is 10.8. The van der Waals surface area contributed by atoms with Crippen molar-refractivity contribution in [1.29, 1.82) is 0 Å². The number of hydrogen-bond acceptors (Lipinski definition) is 3. The third-order valence-corrected chi connectivity index (χ3v) is 3.99. The van der Waals surface area contributed by atoms with Crippen LogP contribution in [0.25, 0.3) is 11.0 Å². The Kier molecular flexibility index (Phi) is 3.06. The summed E-state index contributed by atoms with van der Waals surface area (Å²) in [7, 11) is 0. The van der Waals surface area contributed by atoms with Crippen molar-refractivity contribution < 1.29 is 0 Å². The van der Waals surface area contributed by atoms with Gasteiger partial charge in [0, 0.05) is 36.9 Å². The van der Waals surface area contributed by atoms with Crippen LogP contribution in [0.2, 0.25) is 0 Å². The van der Waals surface area contributed by atoms with E-state index < -0.39 is 0 Å². The summed E-state index contributed by atoms with van der Waals surface area (Å²) < 4.78 is 0. The standard InChI is InChI=1S/C14H20N4/c1-10-8-18(6-4-13(10)15)9-11-7-17-14-12(11)3-2-5-16-14/h2-3,5,7,10,13H,4,6,8-9,15H2,1H3,(H,16,17). The maximum atomic E-state index is 6.06. The molecule has 1 saturated heterocycles. The Bertz CT molecular complexity index is 533. The molecule has 3 rings (SSSR count). The summed E-state index contributed by atoms with van der Waals surface area (Å²) >= 11 is 0. The first-order valence-corrected chi connectivity index (χ1v) is 6.63. The number of pyridine rings is 1. The van der Waals surface area contributed by atoms with Crippen LogP contribution < -0.4 is 5.73 Å². The van der Waals surface area contributed by atoms with E-state index in [0.717, 1.165) is 31.7 Å². The molecule has 1 fully saturated rings. The SMILES string of the molecule is CC1CN(Cc2c[nH]c3ncccc23)CCC1N. The zero-order valence-electron chi connectivity index (χ0n) is 10.8. The Balaban J connectivity index is 1.76. The fraction of sp³-hybridized carbons (Fsp3) is 0.500. The quantitative estimate of drug-likeness (QED) is 0.846. The van der Waals surface area contributed by atoms with Gasteiger partial charge in [-0.15, -0.1) is 0 Å². The molecule has 0 saturated carbocycles. The summed E-state index contributed by atoms with van der Waals surface area (Å²) in [5, 5.41) is 1.24. The molecule has 2 unspecified atom stereocenters. The van der Waals surface area contributed by atoms with Crippen LogP contribution in [0.15, 0.2) is 24.5 Å². The van der Waals surface area contributed by atoms with Crippen LogP contribution in [0.5, 0.6) is 0 Å². The number of rotatable bonds is 2. The molecule has 3 N–H and O–H groups in total. The molecule has 0 aliphatic carbocycles. The molecule has 18 heavy (non-hydrogen) atoms. The van der Waals surface area contributed by atoms with E-state index in [0.29, 0.717) is 12.0 Å². The monoisotopic (exact) mass is 244 g/mol. The number of fused-ring (bicyclic) bond motifs is 1. The van der Waals surface area contributed by atoms with E-state index in [4.69, 9.17) is 5.73 Å². The average Bonchev–Trinajstić information content (AvgIpc) is 2.78. The zero-order chi connectivity index (χ0) is 12.5. The molecular weight excluding hydrogens is 224 g/mol. The van der Waals surface area contributed by atoms with Crippen LogP contribution in [0, 0.1) is 5.92 Å². The second-order valence-electron chi connectivity index (χ2n) is 5.38. The minimum absolute atomic E-state index is 0.367. The average molecular weight is 244 g/mol. The smallest absolute Gasteiger partial charge is 0.137 e. The van der Waals surface area contributed by atoms with Gasteiger partial charge in [0.05, 0.1) is 0 Å². The van der Waals surface area contributed by atoms with Gasteiger partial charge in [-0.3, -0.25) is 4.90 Å². The van der Waals surface area contributed by atoms with E-state index in [1.165, 1.54) is 10.9 Å². The highest BCUT2D eigenvalue weighted by Gasteiger charge is 2.23. The summed E-state index contributed by atoms with van der Waals surface area (Å²) in [6, 6.07) is 4.49. The van der Waals surface area contributed by atoms with Crippen molar-refractivity contribution in [3.05, 3.63) is 30.1 Å². The fourth-order valence-corrected chi connectivity index (χ4v) is 2.78. The molecule has 0 radical (unpaired) electrons. The van der Waals surface area contributed by atoms with E-state index in [-0.39, 0.29) is 0 Å². The molecule has 96 valence electrons. The van der Waals surface area contributed by atoms with Crippen molar-refractivity contribution in [2.45, 2.75) is 25.9 Å². The number of H-pyrrole nitrogens is 1. The molecule has 1 aliphatic rings. The summed E-state index contributed by atoms with van der Waals surface area (Å²) in [4.78, 5) is 10.1. The van der Waals surface area contributed by atoms with Gasteiger partial charge in [0.1, 0.15) is 5.65 Å². The van der Waals surface area contributed by atoms with Gasteiger partial charge in [-0.2, -0.15) is 0 Å². The summed E-state index contributed by atoms with van der Waals surface area (Å²) in [6.45, 7) is 5.42. The summed E-state index contributed by atoms with van der Waals surface area (Å²) in [5.74, 6) is 0.585. The number of aromatic nitrogens is 2. The molecule has 4 nitrogen and oxygen atoms in total. The predicted molar refractivity (Wildman–Crippen MR) is 73.1 cm³/mol. The van der Waals surface area contributed by atoms with E-state index in [1.54, 1.807) is 0 Å². The van der Waals surface area contributed by atoms with Gasteiger partial charge in [-0.1, -0.05) is 6.92 Å². The lowest BCUT2D eigenvalue weighted by Gasteiger charge is -2.34. The van der Waals surface area contributed by atoms with Crippen LogP contribution in [0.4, 0.5) is 0 Å². The largest absolute Gasteiger partial charge is 0.346 e. The van der Waals surface area contributed by atoms with Crippen molar-refractivity contribution >= 4 is 11.0 Å². The van der Waals surface area contributed by atoms with E-state index in [1.807, 2.05) is 12.3 Å². The normalized spacial score (nSPS) is 25.7. The van der Waals surface area contributed by atoms with Gasteiger partial charge in [0.15, 0.2) is 0 Å². The molecule has 2 aromatic rings. The Morgan fingerprint density at radius 1 is 1.56 bits per heavy atom. The Morgan fingerprint density at radius 2 is 2.44 bits per heavy atom. The van der Waals surface area contributed by atoms with Crippen molar-refractivity contribution in [3.63, 3.8) is 0 Å². The lowest BCUT2D eigenvalue weighted by molar-refractivity contribution is 0.158. The van der Waals surface area contributed by atoms with Crippen LogP contribution in [0.3, 0.4) is 0 Å². The molecule has 3 heterocycles. The maximum Gasteiger partial charge on any atom is 0.137 e. The lowest BCUT2D eigenvalue weighted by Crippen LogP contribution is -2.45. The fourth-order valence-electron chi connectivity index (χ4n) is 2.78. The first-order valence-electron chi connectivity index (χ1n) is 6.63. The number of hydrogen-bond donors (Lipinski definition) is 2. The molecule has 2 atom stereocenters. The molecule has 4 heteroatoms. The van der Waals surface area contributed by atoms with Gasteiger partial charge < -0.3 is 10.7 Å². The van der Waals surface area contributed by atoms with Crippen molar-refractivity contribution in [2.75, 3.05) is 13.1 Å². The molecule has 2 aromatic heterocycles. The highest BCUT2D eigenvalue weighted by molar-refractivity contribution is 5.79. The second-order valence-corrected chi connectivity index (χ2v) is 5.38. The third kappa shape index (κ3) is 2.13. The number of nitrogens with two attached hydrogens (primary N) is 1. The van der Waals surface area contributed by atoms with Gasteiger partial charge in [0.25, 0.3) is 0 Å². The summed E-state index contributed by atoms with van der Waals surface area (Å²) in [5.41, 5.74) is 8.38. The van der Waals surface area contributed by atoms with Gasteiger partial charge in [-0.25, -0.2) is 4.98 Å². The second kappa shape index (κ2) is 4.71. The molecule has 0 spiro atoms. The Labute approximate surface area is 107 Å². The highest BCUT2D eigenvalue weighted by Crippen LogP contribution is 2.21. The van der Waals surface area contributed by atoms with Crippen molar-refractivity contribution in [2.24, 2.45) is 11.7 Å². The van der Waals surface area contributed by atoms with Crippen molar-refractivity contribution in [3.8, 4) is 0 Å². The van der Waals surface area contributed by atoms with Crippen LogP contribution in [-0.4, -0.2) is 34.0 Å². The van der Waals surface area contributed by atoms with Crippen molar-refractivity contribution in [1.82, 2.24) is 14.9 Å². The first-order chi connectivity index (χ1) is 8.74. The van der Waals surface area contributed by atoms with Crippen LogP contribution in [0.1, 0.15) is 18.9 Å². The molecule has 0 amide bonds. The maximum absolute atomic E-state index is 6.06. The first kappa shape index (κ1) is 11.7. The van der Waals surface area contributed by atoms with Crippen LogP contribution in [-0.2, 0) is 6.54 Å². The van der Waals surface area contributed by atoms with E-state index in [2.05, 4.69) is 34.1 Å². The van der Waals surface area contributed by atoms with E-state index >= 15 is 0 Å². The van der Waals surface area contributed by atoms with Crippen LogP contribution >= 0.6 is 0 Å². The number of aromatic amines is 1. The molecule has 0 aromatic carbocycles. The van der Waals surface area contributed by atoms with E-state index in [9.17, 15) is 0 Å². The minimum atomic E-state index is 0.367. The number of nitrogens with one attached hydrogen (secondary N) is 1. The minimum Gasteiger partial charge on any atom is -0.346 e. The predicted octanol–water partition coefficient (Wildman–Crippen LogP) is 1.73. The van der Waals surface area contributed by atoms with Gasteiger partial charge in [0.2, 0.25) is 0 Å². The number of piperidine rings is 1. The third-order valence-electron chi connectivity index (χ3n) is 3.99. The Morgan fingerprint density at radius 3 is 3.28 bits per heavy atom. The Hall–Kier alpha value is -1.39. The number of likely N-dealkylation sites (tertiary alicyclic amines) is 1. The molecule has 1 aliphatic heterocycles. The highest BCUT2D eigenvalue weighted by atomic mass is 15.1. The summed E-state index contributed by atoms with van der Waals surface area (Å²) in [6.07, 6.45) is 5.00. The number of nitrogens with zero attached hydrogens (tertiary/aromatic N) is 2. The molecule has 0 bridgehead atoms. The molecular formula is C14H20N4. The topological polar surface area (TPSA) is 57.9 Å². The van der Waals surface area contributed by atoms with Gasteiger partial charge >= 0.3 is 0 Å².